The highest BCUT2D eigenvalue weighted by Gasteiger charge is 2.33. The van der Waals surface area contributed by atoms with E-state index in [0.717, 1.165) is 0 Å². The summed E-state index contributed by atoms with van der Waals surface area (Å²) in [6.07, 6.45) is 0.595. The molecule has 21 heavy (non-hydrogen) atoms. The molecule has 0 spiro atoms. The van der Waals surface area contributed by atoms with Crippen molar-refractivity contribution in [1.29, 1.82) is 0 Å². The third-order valence-corrected chi connectivity index (χ3v) is 5.36. The van der Waals surface area contributed by atoms with Crippen molar-refractivity contribution in [3.05, 3.63) is 24.3 Å². The van der Waals surface area contributed by atoms with E-state index in [1.54, 1.807) is 12.1 Å². The lowest BCUT2D eigenvalue weighted by molar-refractivity contribution is -0.137. The molecule has 116 valence electrons. The van der Waals surface area contributed by atoms with Gasteiger partial charge in [0.2, 0.25) is 10.0 Å². The zero-order valence-electron chi connectivity index (χ0n) is 11.9. The molecule has 0 radical (unpaired) electrons. The van der Waals surface area contributed by atoms with Crippen LogP contribution in [0, 0.1) is 5.92 Å². The number of sulfonamides is 1. The van der Waals surface area contributed by atoms with E-state index in [2.05, 4.69) is 0 Å². The molecule has 1 heterocycles. The Kier molecular flexibility index (Phi) is 4.84. The fraction of sp³-hybridized carbons (Fsp3) is 0.500. The van der Waals surface area contributed by atoms with Crippen LogP contribution in [0.4, 0.5) is 0 Å². The summed E-state index contributed by atoms with van der Waals surface area (Å²) in [5.74, 6) is -0.373. The maximum absolute atomic E-state index is 12.5. The van der Waals surface area contributed by atoms with Gasteiger partial charge in [0.05, 0.1) is 11.5 Å². The number of benzene rings is 1. The average molecular weight is 313 g/mol. The topological polar surface area (TPSA) is 83.9 Å². The Balaban J connectivity index is 2.09. The van der Waals surface area contributed by atoms with Crippen molar-refractivity contribution < 1.29 is 23.1 Å². The molecule has 7 heteroatoms. The van der Waals surface area contributed by atoms with Crippen molar-refractivity contribution >= 4 is 16.0 Å². The zero-order chi connectivity index (χ0) is 15.5. The molecule has 0 aromatic heterocycles. The van der Waals surface area contributed by atoms with Crippen molar-refractivity contribution in [1.82, 2.24) is 4.31 Å². The predicted molar refractivity (Wildman–Crippen MR) is 76.7 cm³/mol. The third kappa shape index (κ3) is 3.74. The molecule has 1 N–H and O–H groups in total. The second-order valence-electron chi connectivity index (χ2n) is 5.02. The monoisotopic (exact) mass is 313 g/mol. The van der Waals surface area contributed by atoms with Crippen LogP contribution in [0.1, 0.15) is 19.8 Å². The molecule has 1 saturated heterocycles. The van der Waals surface area contributed by atoms with E-state index >= 15 is 0 Å². The Morgan fingerprint density at radius 2 is 2.05 bits per heavy atom. The molecule has 0 aliphatic carbocycles. The maximum atomic E-state index is 12.5. The molecule has 2 rings (SSSR count). The number of carbonyl (C=O) groups is 1. The number of aliphatic carboxylic acids is 1. The van der Waals surface area contributed by atoms with Crippen LogP contribution < -0.4 is 4.74 Å². The van der Waals surface area contributed by atoms with Gasteiger partial charge in [-0.15, -0.1) is 0 Å². The summed E-state index contributed by atoms with van der Waals surface area (Å²) in [5, 5.41) is 8.78. The normalized spacial score (nSPS) is 19.6. The van der Waals surface area contributed by atoms with Crippen molar-refractivity contribution in [2.75, 3.05) is 19.7 Å². The average Bonchev–Trinajstić information content (AvgIpc) is 2.88. The van der Waals surface area contributed by atoms with Crippen LogP contribution in [0.15, 0.2) is 29.2 Å². The largest absolute Gasteiger partial charge is 0.494 e. The minimum Gasteiger partial charge on any atom is -0.494 e. The zero-order valence-corrected chi connectivity index (χ0v) is 12.7. The van der Waals surface area contributed by atoms with E-state index in [9.17, 15) is 13.2 Å². The fourth-order valence-corrected chi connectivity index (χ4v) is 3.98. The third-order valence-electron chi connectivity index (χ3n) is 3.48. The molecule has 1 aromatic rings. The van der Waals surface area contributed by atoms with Gasteiger partial charge in [0.1, 0.15) is 5.75 Å². The van der Waals surface area contributed by atoms with Crippen LogP contribution in [0.5, 0.6) is 5.75 Å². The van der Waals surface area contributed by atoms with Crippen molar-refractivity contribution in [3.8, 4) is 5.75 Å². The Morgan fingerprint density at radius 1 is 1.38 bits per heavy atom. The first-order chi connectivity index (χ1) is 9.93. The van der Waals surface area contributed by atoms with Gasteiger partial charge < -0.3 is 9.84 Å². The minimum atomic E-state index is -3.55. The SMILES string of the molecule is CCOc1ccc(S(=O)(=O)N2CCC(CC(=O)O)C2)cc1. The Labute approximate surface area is 124 Å². The van der Waals surface area contributed by atoms with Crippen molar-refractivity contribution in [2.24, 2.45) is 5.92 Å². The molecule has 1 fully saturated rings. The number of ether oxygens (including phenoxy) is 1. The van der Waals surface area contributed by atoms with Gasteiger partial charge in [-0.1, -0.05) is 0 Å². The van der Waals surface area contributed by atoms with Crippen LogP contribution in [0.25, 0.3) is 0 Å². The summed E-state index contributed by atoms with van der Waals surface area (Å²) < 4.78 is 31.6. The molecule has 0 amide bonds. The second kappa shape index (κ2) is 6.44. The van der Waals surface area contributed by atoms with E-state index in [1.165, 1.54) is 16.4 Å². The molecule has 1 aliphatic rings. The molecule has 1 aliphatic heterocycles. The summed E-state index contributed by atoms with van der Waals surface area (Å²) in [7, 11) is -3.55. The number of carboxylic acid groups (broad SMARTS) is 1. The lowest BCUT2D eigenvalue weighted by Gasteiger charge is -2.16. The van der Waals surface area contributed by atoms with Gasteiger partial charge in [-0.3, -0.25) is 4.79 Å². The Bertz CT molecular complexity index is 596. The summed E-state index contributed by atoms with van der Waals surface area (Å²) in [5.41, 5.74) is 0. The molecule has 1 aromatic carbocycles. The van der Waals surface area contributed by atoms with E-state index in [-0.39, 0.29) is 23.8 Å². The quantitative estimate of drug-likeness (QED) is 0.862. The van der Waals surface area contributed by atoms with Gasteiger partial charge >= 0.3 is 5.97 Å². The highest BCUT2D eigenvalue weighted by atomic mass is 32.2. The first kappa shape index (κ1) is 15.8. The van der Waals surface area contributed by atoms with Crippen LogP contribution in [-0.4, -0.2) is 43.5 Å². The minimum absolute atomic E-state index is 0.00922. The number of hydrogen-bond acceptors (Lipinski definition) is 4. The Morgan fingerprint density at radius 3 is 2.62 bits per heavy atom. The van der Waals surface area contributed by atoms with Crippen LogP contribution >= 0.6 is 0 Å². The summed E-state index contributed by atoms with van der Waals surface area (Å²) in [6.45, 7) is 3.02. The van der Waals surface area contributed by atoms with E-state index in [1.807, 2.05) is 6.92 Å². The molecular weight excluding hydrogens is 294 g/mol. The number of hydrogen-bond donors (Lipinski definition) is 1. The summed E-state index contributed by atoms with van der Waals surface area (Å²) in [4.78, 5) is 10.9. The van der Waals surface area contributed by atoms with Gasteiger partial charge in [-0.25, -0.2) is 8.42 Å². The smallest absolute Gasteiger partial charge is 0.303 e. The van der Waals surface area contributed by atoms with Gasteiger partial charge in [-0.05, 0) is 43.5 Å². The van der Waals surface area contributed by atoms with Gasteiger partial charge in [0.15, 0.2) is 0 Å². The molecule has 6 nitrogen and oxygen atoms in total. The van der Waals surface area contributed by atoms with E-state index in [4.69, 9.17) is 9.84 Å². The molecular formula is C14H19NO5S. The maximum Gasteiger partial charge on any atom is 0.303 e. The number of carboxylic acids is 1. The van der Waals surface area contributed by atoms with Crippen molar-refractivity contribution in [2.45, 2.75) is 24.7 Å². The standard InChI is InChI=1S/C14H19NO5S/c1-2-20-12-3-5-13(6-4-12)21(18,19)15-8-7-11(10-15)9-14(16)17/h3-6,11H,2,7-10H2,1H3,(H,16,17). The molecule has 0 bridgehead atoms. The van der Waals surface area contributed by atoms with E-state index < -0.39 is 16.0 Å². The van der Waals surface area contributed by atoms with Gasteiger partial charge in [0.25, 0.3) is 0 Å². The summed E-state index contributed by atoms with van der Waals surface area (Å²) >= 11 is 0. The lowest BCUT2D eigenvalue weighted by atomic mass is 10.1. The second-order valence-corrected chi connectivity index (χ2v) is 6.96. The molecule has 0 saturated carbocycles. The summed E-state index contributed by atoms with van der Waals surface area (Å²) in [6, 6.07) is 6.29. The predicted octanol–water partition coefficient (Wildman–Crippen LogP) is 1.57. The van der Waals surface area contributed by atoms with Crippen LogP contribution in [-0.2, 0) is 14.8 Å². The lowest BCUT2D eigenvalue weighted by Crippen LogP contribution is -2.29. The van der Waals surface area contributed by atoms with Crippen LogP contribution in [0.2, 0.25) is 0 Å². The highest BCUT2D eigenvalue weighted by Crippen LogP contribution is 2.27. The Hall–Kier alpha value is -1.60. The van der Waals surface area contributed by atoms with Crippen molar-refractivity contribution in [3.63, 3.8) is 0 Å². The first-order valence-electron chi connectivity index (χ1n) is 6.88. The molecule has 1 unspecified atom stereocenters. The number of rotatable bonds is 6. The molecule has 1 atom stereocenters. The van der Waals surface area contributed by atoms with Gasteiger partial charge in [-0.2, -0.15) is 4.31 Å². The number of nitrogens with zero attached hydrogens (tertiary/aromatic N) is 1. The first-order valence-corrected chi connectivity index (χ1v) is 8.32. The highest BCUT2D eigenvalue weighted by molar-refractivity contribution is 7.89. The van der Waals surface area contributed by atoms with Crippen LogP contribution in [0.3, 0.4) is 0 Å². The van der Waals surface area contributed by atoms with E-state index in [0.29, 0.717) is 25.3 Å². The fourth-order valence-electron chi connectivity index (χ4n) is 2.45. The van der Waals surface area contributed by atoms with Gasteiger partial charge in [0, 0.05) is 19.5 Å².